The van der Waals surface area contributed by atoms with Crippen LogP contribution < -0.4 is 4.74 Å². The van der Waals surface area contributed by atoms with Crippen LogP contribution in [-0.4, -0.2) is 11.7 Å². The van der Waals surface area contributed by atoms with Gasteiger partial charge >= 0.3 is 0 Å². The molecule has 0 saturated carbocycles. The third-order valence-electron chi connectivity index (χ3n) is 3.02. The highest BCUT2D eigenvalue weighted by Gasteiger charge is 2.16. The van der Waals surface area contributed by atoms with Crippen LogP contribution >= 0.6 is 27.5 Å². The first kappa shape index (κ1) is 15.4. The van der Waals surface area contributed by atoms with Crippen molar-refractivity contribution in [3.63, 3.8) is 0 Å². The number of aliphatic hydroxyl groups excluding tert-OH is 1. The number of benzene rings is 2. The summed E-state index contributed by atoms with van der Waals surface area (Å²) in [6.07, 6.45) is -0.762. The van der Waals surface area contributed by atoms with Crippen molar-refractivity contribution >= 4 is 27.5 Å². The van der Waals surface area contributed by atoms with Gasteiger partial charge in [0.05, 0.1) is 11.6 Å². The van der Waals surface area contributed by atoms with Crippen LogP contribution in [0, 0.1) is 6.92 Å². The number of aryl methyl sites for hydroxylation is 1. The second kappa shape index (κ2) is 6.61. The van der Waals surface area contributed by atoms with Crippen LogP contribution in [0.1, 0.15) is 29.7 Å². The molecule has 0 aliphatic carbocycles. The first-order valence-electron chi connectivity index (χ1n) is 6.39. The standard InChI is InChI=1S/C16H16BrClO2/c1-3-20-15-7-4-10(2)8-12(15)16(19)11-5-6-13(17)14(18)9-11/h4-9,16,19H,3H2,1-2H3. The summed E-state index contributed by atoms with van der Waals surface area (Å²) in [7, 11) is 0. The lowest BCUT2D eigenvalue weighted by atomic mass is 9.99. The van der Waals surface area contributed by atoms with E-state index in [9.17, 15) is 5.11 Å². The highest BCUT2D eigenvalue weighted by Crippen LogP contribution is 2.33. The van der Waals surface area contributed by atoms with E-state index in [0.717, 1.165) is 21.2 Å². The van der Waals surface area contributed by atoms with Gasteiger partial charge in [-0.2, -0.15) is 0 Å². The SMILES string of the molecule is CCOc1ccc(C)cc1C(O)c1ccc(Br)c(Cl)c1. The Morgan fingerprint density at radius 1 is 1.25 bits per heavy atom. The Bertz CT molecular complexity index is 613. The summed E-state index contributed by atoms with van der Waals surface area (Å²) >= 11 is 9.44. The summed E-state index contributed by atoms with van der Waals surface area (Å²) in [5, 5.41) is 11.2. The highest BCUT2D eigenvalue weighted by molar-refractivity contribution is 9.10. The Morgan fingerprint density at radius 3 is 2.65 bits per heavy atom. The number of ether oxygens (including phenoxy) is 1. The van der Waals surface area contributed by atoms with Crippen LogP contribution in [0.25, 0.3) is 0 Å². The lowest BCUT2D eigenvalue weighted by molar-refractivity contribution is 0.212. The molecule has 0 amide bonds. The molecule has 0 saturated heterocycles. The zero-order chi connectivity index (χ0) is 14.7. The fraction of sp³-hybridized carbons (Fsp3) is 0.250. The minimum Gasteiger partial charge on any atom is -0.493 e. The van der Waals surface area contributed by atoms with E-state index in [1.54, 1.807) is 6.07 Å². The van der Waals surface area contributed by atoms with Gasteiger partial charge < -0.3 is 9.84 Å². The first-order valence-corrected chi connectivity index (χ1v) is 7.56. The van der Waals surface area contributed by atoms with E-state index >= 15 is 0 Å². The molecule has 0 aliphatic heterocycles. The van der Waals surface area contributed by atoms with Crippen LogP contribution in [0.15, 0.2) is 40.9 Å². The number of hydrogen-bond donors (Lipinski definition) is 1. The minimum atomic E-state index is -0.762. The van der Waals surface area contributed by atoms with Crippen LogP contribution in [0.4, 0.5) is 0 Å². The summed E-state index contributed by atoms with van der Waals surface area (Å²) < 4.78 is 6.40. The summed E-state index contributed by atoms with van der Waals surface area (Å²) in [5.41, 5.74) is 2.57. The van der Waals surface area contributed by atoms with E-state index in [-0.39, 0.29) is 0 Å². The maximum atomic E-state index is 10.6. The quantitative estimate of drug-likeness (QED) is 0.846. The molecular formula is C16H16BrClO2. The summed E-state index contributed by atoms with van der Waals surface area (Å²) in [6, 6.07) is 11.2. The molecule has 20 heavy (non-hydrogen) atoms. The molecule has 2 aromatic rings. The van der Waals surface area contributed by atoms with E-state index in [0.29, 0.717) is 17.4 Å². The predicted molar refractivity (Wildman–Crippen MR) is 85.6 cm³/mol. The van der Waals surface area contributed by atoms with Gasteiger partial charge in [0.25, 0.3) is 0 Å². The monoisotopic (exact) mass is 354 g/mol. The van der Waals surface area contributed by atoms with Gasteiger partial charge in [0, 0.05) is 10.0 Å². The molecule has 2 rings (SSSR count). The molecular weight excluding hydrogens is 340 g/mol. The van der Waals surface area contributed by atoms with Crippen molar-refractivity contribution in [3.8, 4) is 5.75 Å². The lowest BCUT2D eigenvalue weighted by Gasteiger charge is -2.17. The molecule has 0 spiro atoms. The van der Waals surface area contributed by atoms with Gasteiger partial charge in [0.1, 0.15) is 11.9 Å². The third kappa shape index (κ3) is 3.35. The maximum Gasteiger partial charge on any atom is 0.125 e. The predicted octanol–water partition coefficient (Wildman–Crippen LogP) is 4.89. The van der Waals surface area contributed by atoms with Crippen molar-refractivity contribution in [1.29, 1.82) is 0 Å². The molecule has 1 atom stereocenters. The van der Waals surface area contributed by atoms with Gasteiger partial charge in [-0.15, -0.1) is 0 Å². The largest absolute Gasteiger partial charge is 0.493 e. The molecule has 0 bridgehead atoms. The highest BCUT2D eigenvalue weighted by atomic mass is 79.9. The van der Waals surface area contributed by atoms with Crippen LogP contribution in [-0.2, 0) is 0 Å². The number of rotatable bonds is 4. The van der Waals surface area contributed by atoms with Gasteiger partial charge in [-0.3, -0.25) is 0 Å². The molecule has 2 aromatic carbocycles. The summed E-state index contributed by atoms with van der Waals surface area (Å²) in [6.45, 7) is 4.47. The number of aliphatic hydroxyl groups is 1. The van der Waals surface area contributed by atoms with E-state index in [1.165, 1.54) is 0 Å². The smallest absolute Gasteiger partial charge is 0.125 e. The van der Waals surface area contributed by atoms with Gasteiger partial charge in [-0.1, -0.05) is 29.3 Å². The Labute approximate surface area is 132 Å². The Kier molecular flexibility index (Phi) is 5.08. The molecule has 0 radical (unpaired) electrons. The fourth-order valence-corrected chi connectivity index (χ4v) is 2.47. The van der Waals surface area contributed by atoms with Crippen molar-refractivity contribution in [3.05, 3.63) is 62.6 Å². The Hall–Kier alpha value is -1.03. The number of hydrogen-bond acceptors (Lipinski definition) is 2. The van der Waals surface area contributed by atoms with E-state index in [2.05, 4.69) is 15.9 Å². The molecule has 0 heterocycles. The van der Waals surface area contributed by atoms with Crippen LogP contribution in [0.5, 0.6) is 5.75 Å². The Morgan fingerprint density at radius 2 is 2.00 bits per heavy atom. The molecule has 106 valence electrons. The van der Waals surface area contributed by atoms with Crippen LogP contribution in [0.2, 0.25) is 5.02 Å². The van der Waals surface area contributed by atoms with E-state index < -0.39 is 6.10 Å². The zero-order valence-corrected chi connectivity index (χ0v) is 13.7. The molecule has 0 aromatic heterocycles. The van der Waals surface area contributed by atoms with Crippen molar-refractivity contribution in [2.45, 2.75) is 20.0 Å². The average Bonchev–Trinajstić information content (AvgIpc) is 2.43. The van der Waals surface area contributed by atoms with Gasteiger partial charge in [0.15, 0.2) is 0 Å². The lowest BCUT2D eigenvalue weighted by Crippen LogP contribution is -2.04. The molecule has 0 fully saturated rings. The normalized spacial score (nSPS) is 12.2. The van der Waals surface area contributed by atoms with E-state index in [4.69, 9.17) is 16.3 Å². The van der Waals surface area contributed by atoms with Crippen molar-refractivity contribution in [1.82, 2.24) is 0 Å². The number of halogens is 2. The average molecular weight is 356 g/mol. The molecule has 1 unspecified atom stereocenters. The van der Waals surface area contributed by atoms with Crippen molar-refractivity contribution in [2.75, 3.05) is 6.61 Å². The molecule has 2 nitrogen and oxygen atoms in total. The maximum absolute atomic E-state index is 10.6. The second-order valence-corrected chi connectivity index (χ2v) is 5.81. The van der Waals surface area contributed by atoms with Gasteiger partial charge in [-0.05, 0) is 59.6 Å². The first-order chi connectivity index (χ1) is 9.52. The van der Waals surface area contributed by atoms with Crippen LogP contribution in [0.3, 0.4) is 0 Å². The topological polar surface area (TPSA) is 29.5 Å². The van der Waals surface area contributed by atoms with Crippen molar-refractivity contribution < 1.29 is 9.84 Å². The fourth-order valence-electron chi connectivity index (χ4n) is 2.03. The van der Waals surface area contributed by atoms with Gasteiger partial charge in [-0.25, -0.2) is 0 Å². The third-order valence-corrected chi connectivity index (χ3v) is 4.25. The van der Waals surface area contributed by atoms with E-state index in [1.807, 2.05) is 44.2 Å². The zero-order valence-electron chi connectivity index (χ0n) is 11.4. The summed E-state index contributed by atoms with van der Waals surface area (Å²) in [4.78, 5) is 0. The van der Waals surface area contributed by atoms with Crippen molar-refractivity contribution in [2.24, 2.45) is 0 Å². The second-order valence-electron chi connectivity index (χ2n) is 4.55. The van der Waals surface area contributed by atoms with Gasteiger partial charge in [0.2, 0.25) is 0 Å². The minimum absolute atomic E-state index is 0.559. The Balaban J connectivity index is 2.43. The molecule has 1 N–H and O–H groups in total. The molecule has 4 heteroatoms. The summed E-state index contributed by atoms with van der Waals surface area (Å²) in [5.74, 6) is 0.699. The molecule has 0 aliphatic rings.